The van der Waals surface area contributed by atoms with Gasteiger partial charge in [-0.1, -0.05) is 6.42 Å². The van der Waals surface area contributed by atoms with Gasteiger partial charge < -0.3 is 10.0 Å². The molecule has 0 unspecified atom stereocenters. The van der Waals surface area contributed by atoms with E-state index in [0.717, 1.165) is 19.5 Å². The van der Waals surface area contributed by atoms with Crippen molar-refractivity contribution in [3.8, 4) is 0 Å². The van der Waals surface area contributed by atoms with Crippen LogP contribution in [0.15, 0.2) is 0 Å². The van der Waals surface area contributed by atoms with E-state index in [9.17, 15) is 4.79 Å². The maximum atomic E-state index is 11.8. The molecule has 0 aromatic rings. The molecule has 4 nitrogen and oxygen atoms in total. The van der Waals surface area contributed by atoms with E-state index in [1.54, 1.807) is 0 Å². The van der Waals surface area contributed by atoms with E-state index in [1.165, 1.54) is 19.3 Å². The fourth-order valence-electron chi connectivity index (χ4n) is 2.11. The molecule has 4 heteroatoms. The van der Waals surface area contributed by atoms with E-state index in [4.69, 9.17) is 5.11 Å². The Labute approximate surface area is 90.9 Å². The van der Waals surface area contributed by atoms with Crippen molar-refractivity contribution in [2.24, 2.45) is 0 Å². The molecule has 2 fully saturated rings. The molecule has 1 heterocycles. The topological polar surface area (TPSA) is 43.8 Å². The lowest BCUT2D eigenvalue weighted by molar-refractivity contribution is -0.137. The van der Waals surface area contributed by atoms with E-state index in [-0.39, 0.29) is 12.5 Å². The Bertz CT molecular complexity index is 225. The Morgan fingerprint density at radius 3 is 2.47 bits per heavy atom. The van der Waals surface area contributed by atoms with Crippen LogP contribution in [0.2, 0.25) is 0 Å². The van der Waals surface area contributed by atoms with E-state index in [0.29, 0.717) is 19.1 Å². The highest BCUT2D eigenvalue weighted by molar-refractivity contribution is 5.79. The van der Waals surface area contributed by atoms with Crippen LogP contribution in [0.5, 0.6) is 0 Å². The van der Waals surface area contributed by atoms with Gasteiger partial charge in [0.2, 0.25) is 5.91 Å². The first-order chi connectivity index (χ1) is 7.31. The van der Waals surface area contributed by atoms with Crippen LogP contribution >= 0.6 is 0 Å². The molecule has 1 amide bonds. The highest BCUT2D eigenvalue weighted by Crippen LogP contribution is 2.24. The van der Waals surface area contributed by atoms with Gasteiger partial charge in [0, 0.05) is 25.7 Å². The molecule has 0 spiro atoms. The lowest BCUT2D eigenvalue weighted by atomic mass is 9.91. The summed E-state index contributed by atoms with van der Waals surface area (Å²) in [6, 6.07) is 0.544. The zero-order chi connectivity index (χ0) is 10.7. The molecular weight excluding hydrogens is 192 g/mol. The van der Waals surface area contributed by atoms with Gasteiger partial charge in [0.25, 0.3) is 0 Å². The number of nitrogens with zero attached hydrogens (tertiary/aromatic N) is 2. The van der Waals surface area contributed by atoms with E-state index in [1.807, 2.05) is 4.90 Å². The van der Waals surface area contributed by atoms with Gasteiger partial charge in [-0.3, -0.25) is 9.69 Å². The number of carbonyl (C=O) groups is 1. The SMILES string of the molecule is O=C(CN(CCO)C1CCC1)N1CCC1. The normalized spacial score (nSPS) is 21.3. The summed E-state index contributed by atoms with van der Waals surface area (Å²) in [5, 5.41) is 8.96. The van der Waals surface area contributed by atoms with Crippen LogP contribution in [-0.2, 0) is 4.79 Å². The molecule has 0 bridgehead atoms. The van der Waals surface area contributed by atoms with Gasteiger partial charge in [0.15, 0.2) is 0 Å². The van der Waals surface area contributed by atoms with Gasteiger partial charge >= 0.3 is 0 Å². The van der Waals surface area contributed by atoms with Crippen molar-refractivity contribution in [1.82, 2.24) is 9.80 Å². The van der Waals surface area contributed by atoms with Crippen LogP contribution in [0.4, 0.5) is 0 Å². The maximum Gasteiger partial charge on any atom is 0.236 e. The highest BCUT2D eigenvalue weighted by Gasteiger charge is 2.28. The zero-order valence-electron chi connectivity index (χ0n) is 9.19. The van der Waals surface area contributed by atoms with Gasteiger partial charge in [-0.25, -0.2) is 0 Å². The summed E-state index contributed by atoms with van der Waals surface area (Å²) < 4.78 is 0. The number of amides is 1. The molecule has 0 aromatic carbocycles. The van der Waals surface area contributed by atoms with Crippen molar-refractivity contribution in [3.63, 3.8) is 0 Å². The minimum absolute atomic E-state index is 0.157. The molecule has 15 heavy (non-hydrogen) atoms. The Balaban J connectivity index is 1.79. The van der Waals surface area contributed by atoms with Gasteiger partial charge in [0.05, 0.1) is 13.2 Å². The van der Waals surface area contributed by atoms with Crippen molar-refractivity contribution in [3.05, 3.63) is 0 Å². The molecule has 86 valence electrons. The van der Waals surface area contributed by atoms with Crippen LogP contribution < -0.4 is 0 Å². The first-order valence-electron chi connectivity index (χ1n) is 5.94. The Kier molecular flexibility index (Phi) is 3.59. The second kappa shape index (κ2) is 4.94. The summed E-state index contributed by atoms with van der Waals surface area (Å²) >= 11 is 0. The average Bonchev–Trinajstić information content (AvgIpc) is 1.96. The Morgan fingerprint density at radius 2 is 2.07 bits per heavy atom. The van der Waals surface area contributed by atoms with Crippen LogP contribution in [0.25, 0.3) is 0 Å². The van der Waals surface area contributed by atoms with Crippen molar-refractivity contribution >= 4 is 5.91 Å². The fourth-order valence-corrected chi connectivity index (χ4v) is 2.11. The molecule has 1 saturated heterocycles. The van der Waals surface area contributed by atoms with Gasteiger partial charge in [-0.15, -0.1) is 0 Å². The zero-order valence-corrected chi connectivity index (χ0v) is 9.19. The lowest BCUT2D eigenvalue weighted by Gasteiger charge is -2.39. The third-order valence-corrected chi connectivity index (χ3v) is 3.53. The minimum atomic E-state index is 0.157. The van der Waals surface area contributed by atoms with Gasteiger partial charge in [0.1, 0.15) is 0 Å². The molecule has 1 aliphatic carbocycles. The highest BCUT2D eigenvalue weighted by atomic mass is 16.3. The monoisotopic (exact) mass is 212 g/mol. The van der Waals surface area contributed by atoms with Crippen molar-refractivity contribution < 1.29 is 9.90 Å². The number of rotatable bonds is 5. The number of hydrogen-bond donors (Lipinski definition) is 1. The summed E-state index contributed by atoms with van der Waals surface area (Å²) in [4.78, 5) is 15.8. The number of likely N-dealkylation sites (tertiary alicyclic amines) is 1. The molecule has 1 N–H and O–H groups in total. The number of hydrogen-bond acceptors (Lipinski definition) is 3. The maximum absolute atomic E-state index is 11.8. The van der Waals surface area contributed by atoms with Gasteiger partial charge in [-0.05, 0) is 19.3 Å². The standard InChI is InChI=1S/C11H20N2O2/c14-8-7-13(10-3-1-4-10)9-11(15)12-5-2-6-12/h10,14H,1-9H2. The fraction of sp³-hybridized carbons (Fsp3) is 0.909. The van der Waals surface area contributed by atoms with E-state index >= 15 is 0 Å². The summed E-state index contributed by atoms with van der Waals surface area (Å²) in [5.41, 5.74) is 0. The molecule has 2 rings (SSSR count). The van der Waals surface area contributed by atoms with Crippen LogP contribution in [-0.4, -0.2) is 59.6 Å². The molecule has 1 saturated carbocycles. The first kappa shape index (κ1) is 10.9. The van der Waals surface area contributed by atoms with Crippen LogP contribution in [0.1, 0.15) is 25.7 Å². The first-order valence-corrected chi connectivity index (χ1v) is 5.94. The second-order valence-corrected chi connectivity index (χ2v) is 4.51. The van der Waals surface area contributed by atoms with Crippen molar-refractivity contribution in [2.45, 2.75) is 31.7 Å². The number of aliphatic hydroxyl groups is 1. The van der Waals surface area contributed by atoms with Crippen molar-refractivity contribution in [2.75, 3.05) is 32.8 Å². The quantitative estimate of drug-likeness (QED) is 0.701. The smallest absolute Gasteiger partial charge is 0.236 e. The largest absolute Gasteiger partial charge is 0.395 e. The molecular formula is C11H20N2O2. The Hall–Kier alpha value is -0.610. The average molecular weight is 212 g/mol. The summed E-state index contributed by atoms with van der Waals surface area (Å²) in [7, 11) is 0. The summed E-state index contributed by atoms with van der Waals surface area (Å²) in [5.74, 6) is 0.238. The van der Waals surface area contributed by atoms with Gasteiger partial charge in [-0.2, -0.15) is 0 Å². The van der Waals surface area contributed by atoms with Crippen molar-refractivity contribution in [1.29, 1.82) is 0 Å². The molecule has 0 atom stereocenters. The number of carbonyl (C=O) groups excluding carboxylic acids is 1. The molecule has 0 aromatic heterocycles. The Morgan fingerprint density at radius 1 is 1.33 bits per heavy atom. The molecule has 0 radical (unpaired) electrons. The number of aliphatic hydroxyl groups excluding tert-OH is 1. The third kappa shape index (κ3) is 2.49. The third-order valence-electron chi connectivity index (χ3n) is 3.53. The summed E-state index contributed by atoms with van der Waals surface area (Å²) in [6.07, 6.45) is 4.79. The minimum Gasteiger partial charge on any atom is -0.395 e. The predicted molar refractivity (Wildman–Crippen MR) is 57.5 cm³/mol. The van der Waals surface area contributed by atoms with E-state index in [2.05, 4.69) is 4.90 Å². The molecule has 2 aliphatic rings. The second-order valence-electron chi connectivity index (χ2n) is 4.51. The van der Waals surface area contributed by atoms with Crippen LogP contribution in [0.3, 0.4) is 0 Å². The lowest BCUT2D eigenvalue weighted by Crippen LogP contribution is -2.51. The molecule has 1 aliphatic heterocycles. The predicted octanol–water partition coefficient (Wildman–Crippen LogP) is 0.0655. The van der Waals surface area contributed by atoms with Crippen LogP contribution in [0, 0.1) is 0 Å². The van der Waals surface area contributed by atoms with E-state index < -0.39 is 0 Å². The summed E-state index contributed by atoms with van der Waals surface area (Å²) in [6.45, 7) is 3.16.